The average Bonchev–Trinajstić information content (AvgIpc) is 3.23. The van der Waals surface area contributed by atoms with Crippen molar-refractivity contribution in [2.75, 3.05) is 13.1 Å². The highest BCUT2D eigenvalue weighted by Gasteiger charge is 2.49. The molecule has 0 radical (unpaired) electrons. The minimum absolute atomic E-state index is 0.0721. The summed E-state index contributed by atoms with van der Waals surface area (Å²) in [4.78, 5) is 20.9. The summed E-state index contributed by atoms with van der Waals surface area (Å²) in [6.45, 7) is 4.76. The number of fused-ring (bicyclic) bond motifs is 1. The van der Waals surface area contributed by atoms with E-state index in [2.05, 4.69) is 16.0 Å². The van der Waals surface area contributed by atoms with Gasteiger partial charge in [0.25, 0.3) is 0 Å². The number of hydrogen-bond acceptors (Lipinski definition) is 5. The van der Waals surface area contributed by atoms with E-state index in [1.807, 2.05) is 0 Å². The molecule has 1 saturated heterocycles. The Bertz CT molecular complexity index is 1360. The molecule has 1 aromatic carbocycles. The van der Waals surface area contributed by atoms with Gasteiger partial charge in [-0.1, -0.05) is 19.9 Å². The van der Waals surface area contributed by atoms with Gasteiger partial charge in [-0.15, -0.1) is 0 Å². The van der Waals surface area contributed by atoms with Crippen LogP contribution in [0.3, 0.4) is 0 Å². The summed E-state index contributed by atoms with van der Waals surface area (Å²) in [7, 11) is 0. The fraction of sp³-hybridized carbons (Fsp3) is 0.423. The van der Waals surface area contributed by atoms with Crippen LogP contribution in [0.2, 0.25) is 0 Å². The fourth-order valence-corrected chi connectivity index (χ4v) is 5.54. The van der Waals surface area contributed by atoms with E-state index in [-0.39, 0.29) is 18.7 Å². The maximum absolute atomic E-state index is 15.8. The number of piperidine rings is 1. The van der Waals surface area contributed by atoms with Gasteiger partial charge >= 0.3 is 6.18 Å². The van der Waals surface area contributed by atoms with Crippen LogP contribution in [0.5, 0.6) is 0 Å². The predicted molar refractivity (Wildman–Crippen MR) is 128 cm³/mol. The Morgan fingerprint density at radius 1 is 1.35 bits per heavy atom. The molecule has 3 heterocycles. The number of benzene rings is 1. The number of pyridine rings is 1. The molecule has 1 aliphatic heterocycles. The number of carbonyl (C=O) groups is 1. The van der Waals surface area contributed by atoms with Crippen molar-refractivity contribution in [3.8, 4) is 17.2 Å². The summed E-state index contributed by atoms with van der Waals surface area (Å²) in [5.74, 6) is -2.91. The van der Waals surface area contributed by atoms with Crippen molar-refractivity contribution in [3.63, 3.8) is 0 Å². The number of aryl methyl sites for hydroxylation is 1. The second-order valence-electron chi connectivity index (χ2n) is 9.84. The number of halogens is 4. The van der Waals surface area contributed by atoms with Gasteiger partial charge in [0.05, 0.1) is 18.0 Å². The number of aromatic amines is 1. The summed E-state index contributed by atoms with van der Waals surface area (Å²) in [6.07, 6.45) is -2.95. The number of rotatable bonds is 4. The minimum atomic E-state index is -4.58. The van der Waals surface area contributed by atoms with Gasteiger partial charge in [-0.3, -0.25) is 4.79 Å². The first-order chi connectivity index (χ1) is 17.3. The molecule has 0 spiro atoms. The van der Waals surface area contributed by atoms with Crippen LogP contribution in [0.15, 0.2) is 30.6 Å². The van der Waals surface area contributed by atoms with E-state index in [0.29, 0.717) is 33.3 Å². The molecule has 4 rings (SSSR count). The summed E-state index contributed by atoms with van der Waals surface area (Å²) in [6, 6.07) is 5.04. The van der Waals surface area contributed by atoms with Crippen LogP contribution >= 0.6 is 0 Å². The Labute approximate surface area is 210 Å². The van der Waals surface area contributed by atoms with Gasteiger partial charge in [0.2, 0.25) is 5.91 Å². The first-order valence-corrected chi connectivity index (χ1v) is 11.8. The van der Waals surface area contributed by atoms with Gasteiger partial charge in [-0.2, -0.15) is 18.4 Å². The molecule has 4 atom stereocenters. The second-order valence-corrected chi connectivity index (χ2v) is 9.84. The van der Waals surface area contributed by atoms with Crippen LogP contribution in [0.4, 0.5) is 17.6 Å². The molecule has 0 aliphatic carbocycles. The normalized spacial score (nSPS) is 23.2. The average molecular weight is 518 g/mol. The molecule has 196 valence electrons. The topological polar surface area (TPSA) is 119 Å². The molecule has 1 unspecified atom stereocenters. The highest BCUT2D eigenvalue weighted by molar-refractivity contribution is 5.97. The van der Waals surface area contributed by atoms with Gasteiger partial charge < -0.3 is 20.7 Å². The third kappa shape index (κ3) is 4.67. The Balaban J connectivity index is 1.68. The van der Waals surface area contributed by atoms with Crippen molar-refractivity contribution >= 4 is 16.9 Å². The SMILES string of the molecule is Cc1cc(-c2ccnc3[nH]cc(C#N)c23)cc(F)c1C1(O)[C@H](C)CN(C(=O)[C@@H](N)CC(F)(F)F)C[C@@H]1C. The van der Waals surface area contributed by atoms with E-state index in [1.54, 1.807) is 39.1 Å². The molecule has 37 heavy (non-hydrogen) atoms. The number of likely N-dealkylation sites (tertiary alicyclic amines) is 1. The molecular formula is C26H27F4N5O2. The molecule has 2 aromatic heterocycles. The number of nitrogens with two attached hydrogens (primary N) is 1. The molecule has 1 fully saturated rings. The lowest BCUT2D eigenvalue weighted by molar-refractivity contribution is -0.162. The molecule has 0 bridgehead atoms. The molecule has 7 nitrogen and oxygen atoms in total. The first kappa shape index (κ1) is 26.6. The van der Waals surface area contributed by atoms with Crippen molar-refractivity contribution in [3.05, 3.63) is 53.1 Å². The molecular weight excluding hydrogens is 490 g/mol. The lowest BCUT2D eigenvalue weighted by Gasteiger charge is -2.49. The quantitative estimate of drug-likeness (QED) is 0.450. The summed E-state index contributed by atoms with van der Waals surface area (Å²) in [5.41, 5.74) is 6.31. The number of nitriles is 1. The number of hydrogen-bond donors (Lipinski definition) is 3. The van der Waals surface area contributed by atoms with Crippen molar-refractivity contribution in [1.82, 2.24) is 14.9 Å². The van der Waals surface area contributed by atoms with Crippen molar-refractivity contribution < 1.29 is 27.5 Å². The number of amides is 1. The number of aromatic nitrogens is 2. The Kier molecular flexibility index (Phi) is 6.77. The van der Waals surface area contributed by atoms with Crippen LogP contribution in [-0.2, 0) is 10.4 Å². The van der Waals surface area contributed by atoms with Crippen LogP contribution in [0.25, 0.3) is 22.2 Å². The summed E-state index contributed by atoms with van der Waals surface area (Å²) >= 11 is 0. The van der Waals surface area contributed by atoms with E-state index in [9.17, 15) is 28.3 Å². The van der Waals surface area contributed by atoms with Crippen LogP contribution in [0.1, 0.15) is 37.0 Å². The minimum Gasteiger partial charge on any atom is -0.384 e. The van der Waals surface area contributed by atoms with E-state index in [1.165, 1.54) is 17.2 Å². The van der Waals surface area contributed by atoms with Crippen LogP contribution in [-0.4, -0.2) is 51.2 Å². The summed E-state index contributed by atoms with van der Waals surface area (Å²) in [5, 5.41) is 21.8. The molecule has 1 aliphatic rings. The third-order valence-corrected chi connectivity index (χ3v) is 7.26. The van der Waals surface area contributed by atoms with Gasteiger partial charge in [0.15, 0.2) is 0 Å². The molecule has 4 N–H and O–H groups in total. The standard InChI is InChI=1S/C26H27F4N5O2/c1-13-6-16(18-4-5-33-23-21(18)17(9-31)10-34-23)7-19(27)22(13)26(37)14(2)11-35(12-15(26)3)24(36)20(32)8-25(28,29)30/h4-7,10,14-15,20,37H,8,11-12,32H2,1-3H3,(H,33,34)/t14-,15+,20-,26?/m0/s1. The third-order valence-electron chi connectivity index (χ3n) is 7.26. The number of nitrogens with zero attached hydrogens (tertiary/aromatic N) is 3. The van der Waals surface area contributed by atoms with Gasteiger partial charge in [0, 0.05) is 48.3 Å². The van der Waals surface area contributed by atoms with Gasteiger partial charge in [0.1, 0.15) is 23.1 Å². The van der Waals surface area contributed by atoms with E-state index in [0.717, 1.165) is 0 Å². The number of nitrogens with one attached hydrogen (secondary N) is 1. The zero-order valence-electron chi connectivity index (χ0n) is 20.5. The van der Waals surface area contributed by atoms with Crippen molar-refractivity contribution in [2.24, 2.45) is 17.6 Å². The fourth-order valence-electron chi connectivity index (χ4n) is 5.54. The number of alkyl halides is 3. The summed E-state index contributed by atoms with van der Waals surface area (Å²) < 4.78 is 54.0. The maximum atomic E-state index is 15.8. The Morgan fingerprint density at radius 3 is 2.57 bits per heavy atom. The van der Waals surface area contributed by atoms with Crippen LogP contribution in [0, 0.1) is 35.9 Å². The number of carbonyl (C=O) groups excluding carboxylic acids is 1. The lowest BCUT2D eigenvalue weighted by Crippen LogP contribution is -2.59. The monoisotopic (exact) mass is 517 g/mol. The lowest BCUT2D eigenvalue weighted by atomic mass is 9.69. The Morgan fingerprint density at radius 2 is 2.00 bits per heavy atom. The maximum Gasteiger partial charge on any atom is 0.391 e. The molecule has 3 aromatic rings. The van der Waals surface area contributed by atoms with Crippen molar-refractivity contribution in [1.29, 1.82) is 5.26 Å². The van der Waals surface area contributed by atoms with E-state index >= 15 is 4.39 Å². The molecule has 11 heteroatoms. The highest BCUT2D eigenvalue weighted by Crippen LogP contribution is 2.45. The second kappa shape index (κ2) is 9.43. The Hall–Kier alpha value is -3.49. The zero-order chi connectivity index (χ0) is 27.3. The van der Waals surface area contributed by atoms with E-state index < -0.39 is 47.8 Å². The highest BCUT2D eigenvalue weighted by atomic mass is 19.4. The molecule has 0 saturated carbocycles. The largest absolute Gasteiger partial charge is 0.391 e. The predicted octanol–water partition coefficient (Wildman–Crippen LogP) is 4.13. The van der Waals surface area contributed by atoms with E-state index in [4.69, 9.17) is 5.73 Å². The van der Waals surface area contributed by atoms with Gasteiger partial charge in [-0.05, 0) is 35.7 Å². The molecule has 1 amide bonds. The van der Waals surface area contributed by atoms with Gasteiger partial charge in [-0.25, -0.2) is 9.37 Å². The number of H-pyrrole nitrogens is 1. The van der Waals surface area contributed by atoms with Crippen LogP contribution < -0.4 is 5.73 Å². The van der Waals surface area contributed by atoms with Crippen molar-refractivity contribution in [2.45, 2.75) is 45.0 Å². The number of aliphatic hydroxyl groups is 1. The smallest absolute Gasteiger partial charge is 0.384 e. The zero-order valence-corrected chi connectivity index (χ0v) is 20.5. The first-order valence-electron chi connectivity index (χ1n) is 11.8.